The van der Waals surface area contributed by atoms with Gasteiger partial charge in [-0.25, -0.2) is 0 Å². The summed E-state index contributed by atoms with van der Waals surface area (Å²) in [7, 11) is 0. The highest BCUT2D eigenvalue weighted by Crippen LogP contribution is 2.14. The van der Waals surface area contributed by atoms with Crippen LogP contribution in [-0.2, 0) is 6.42 Å². The Hall–Kier alpha value is -0.0800. The molecule has 0 bridgehead atoms. The second-order valence-electron chi connectivity index (χ2n) is 3.06. The van der Waals surface area contributed by atoms with E-state index in [9.17, 15) is 0 Å². The Balaban J connectivity index is 2.49. The molecule has 0 N–H and O–H groups in total. The average molecular weight is 263 g/mol. The molecule has 72 valence electrons. The van der Waals surface area contributed by atoms with Crippen LogP contribution in [0, 0.1) is 0 Å². The number of rotatable bonds is 4. The topological polar surface area (TPSA) is 12.9 Å². The summed E-state index contributed by atoms with van der Waals surface area (Å²) in [5.41, 5.74) is 1.10. The summed E-state index contributed by atoms with van der Waals surface area (Å²) >= 11 is 9.36. The molecule has 0 amide bonds. The molecular weight excluding hydrogens is 249 g/mol. The summed E-state index contributed by atoms with van der Waals surface area (Å²) in [6.07, 6.45) is 5.06. The van der Waals surface area contributed by atoms with Crippen LogP contribution in [0.4, 0.5) is 0 Å². The molecule has 1 unspecified atom stereocenters. The van der Waals surface area contributed by atoms with Crippen molar-refractivity contribution in [3.8, 4) is 0 Å². The Bertz CT molecular complexity index is 248. The van der Waals surface area contributed by atoms with Crippen LogP contribution < -0.4 is 0 Å². The van der Waals surface area contributed by atoms with Crippen molar-refractivity contribution >= 4 is 27.5 Å². The van der Waals surface area contributed by atoms with Gasteiger partial charge in [-0.05, 0) is 18.6 Å². The van der Waals surface area contributed by atoms with E-state index < -0.39 is 0 Å². The monoisotopic (exact) mass is 261 g/mol. The average Bonchev–Trinajstić information content (AvgIpc) is 2.09. The Morgan fingerprint density at radius 1 is 1.54 bits per heavy atom. The van der Waals surface area contributed by atoms with E-state index >= 15 is 0 Å². The summed E-state index contributed by atoms with van der Waals surface area (Å²) in [6.45, 7) is 2.18. The molecule has 3 heteroatoms. The minimum absolute atomic E-state index is 0.533. The third-order valence-electron chi connectivity index (χ3n) is 1.82. The zero-order chi connectivity index (χ0) is 9.68. The highest BCUT2D eigenvalue weighted by molar-refractivity contribution is 9.09. The summed E-state index contributed by atoms with van der Waals surface area (Å²) < 4.78 is 0. The maximum Gasteiger partial charge on any atom is 0.0589 e. The van der Waals surface area contributed by atoms with Crippen molar-refractivity contribution < 1.29 is 0 Å². The molecule has 0 saturated carbocycles. The number of aromatic nitrogens is 1. The number of nitrogens with zero attached hydrogens (tertiary/aromatic N) is 1. The fourth-order valence-electron chi connectivity index (χ4n) is 1.17. The van der Waals surface area contributed by atoms with Crippen LogP contribution in [0.15, 0.2) is 18.3 Å². The number of pyridine rings is 1. The van der Waals surface area contributed by atoms with Crippen molar-refractivity contribution in [3.05, 3.63) is 29.0 Å². The lowest BCUT2D eigenvalue weighted by Crippen LogP contribution is -2.03. The Kier molecular flexibility index (Phi) is 4.74. The number of alkyl halides is 1. The first kappa shape index (κ1) is 11.0. The molecule has 1 atom stereocenters. The van der Waals surface area contributed by atoms with Crippen molar-refractivity contribution in [1.29, 1.82) is 0 Å². The molecule has 0 aliphatic rings. The van der Waals surface area contributed by atoms with Gasteiger partial charge in [0.2, 0.25) is 0 Å². The molecule has 1 heterocycles. The fraction of sp³-hybridized carbons (Fsp3) is 0.500. The van der Waals surface area contributed by atoms with Crippen LogP contribution in [0.25, 0.3) is 0 Å². The van der Waals surface area contributed by atoms with Gasteiger partial charge in [0.15, 0.2) is 0 Å². The van der Waals surface area contributed by atoms with Gasteiger partial charge in [-0.2, -0.15) is 0 Å². The van der Waals surface area contributed by atoms with E-state index in [4.69, 9.17) is 11.6 Å². The number of hydrogen-bond donors (Lipinski definition) is 0. The first-order valence-corrected chi connectivity index (χ1v) is 5.76. The van der Waals surface area contributed by atoms with Crippen LogP contribution in [-0.4, -0.2) is 9.81 Å². The number of hydrogen-bond acceptors (Lipinski definition) is 1. The second kappa shape index (κ2) is 5.61. The lowest BCUT2D eigenvalue weighted by atomic mass is 10.1. The molecule has 13 heavy (non-hydrogen) atoms. The molecule has 0 aromatic carbocycles. The van der Waals surface area contributed by atoms with Gasteiger partial charge < -0.3 is 0 Å². The van der Waals surface area contributed by atoms with E-state index in [-0.39, 0.29) is 0 Å². The van der Waals surface area contributed by atoms with Gasteiger partial charge in [-0.1, -0.05) is 40.9 Å². The van der Waals surface area contributed by atoms with E-state index in [2.05, 4.69) is 27.8 Å². The maximum atomic E-state index is 5.74. The third-order valence-corrected chi connectivity index (χ3v) is 2.83. The molecule has 0 radical (unpaired) electrons. The summed E-state index contributed by atoms with van der Waals surface area (Å²) in [5, 5.41) is 0.699. The molecule has 0 aliphatic carbocycles. The van der Waals surface area contributed by atoms with E-state index in [1.165, 1.54) is 12.8 Å². The maximum absolute atomic E-state index is 5.74. The van der Waals surface area contributed by atoms with Gasteiger partial charge in [0, 0.05) is 23.1 Å². The fourth-order valence-corrected chi connectivity index (χ4v) is 2.07. The molecule has 0 saturated heterocycles. The van der Waals surface area contributed by atoms with Crippen molar-refractivity contribution in [2.75, 3.05) is 0 Å². The van der Waals surface area contributed by atoms with E-state index in [1.807, 2.05) is 12.1 Å². The van der Waals surface area contributed by atoms with Gasteiger partial charge in [-0.3, -0.25) is 4.98 Å². The SMILES string of the molecule is CCCC(Br)Cc1ccc(Cl)cn1. The molecular formula is C10H13BrClN. The molecule has 1 rings (SSSR count). The van der Waals surface area contributed by atoms with Crippen LogP contribution >= 0.6 is 27.5 Å². The van der Waals surface area contributed by atoms with Crippen LogP contribution in [0.2, 0.25) is 5.02 Å². The highest BCUT2D eigenvalue weighted by Gasteiger charge is 2.04. The largest absolute Gasteiger partial charge is 0.260 e. The quantitative estimate of drug-likeness (QED) is 0.751. The first-order valence-electron chi connectivity index (χ1n) is 4.47. The molecule has 1 aromatic rings. The van der Waals surface area contributed by atoms with E-state index in [0.29, 0.717) is 9.85 Å². The minimum atomic E-state index is 0.533. The van der Waals surface area contributed by atoms with Gasteiger partial charge in [-0.15, -0.1) is 0 Å². The van der Waals surface area contributed by atoms with E-state index in [1.54, 1.807) is 6.20 Å². The Morgan fingerprint density at radius 2 is 2.31 bits per heavy atom. The predicted molar refractivity (Wildman–Crippen MR) is 60.6 cm³/mol. The third kappa shape index (κ3) is 4.10. The predicted octanol–water partition coefficient (Wildman–Crippen LogP) is 3.84. The van der Waals surface area contributed by atoms with Gasteiger partial charge in [0.25, 0.3) is 0 Å². The molecule has 0 fully saturated rings. The van der Waals surface area contributed by atoms with Crippen molar-refractivity contribution in [2.24, 2.45) is 0 Å². The summed E-state index contributed by atoms with van der Waals surface area (Å²) in [5.74, 6) is 0. The Morgan fingerprint density at radius 3 is 2.85 bits per heavy atom. The first-order chi connectivity index (χ1) is 6.22. The zero-order valence-corrected chi connectivity index (χ0v) is 9.98. The van der Waals surface area contributed by atoms with Gasteiger partial charge >= 0.3 is 0 Å². The number of halogens is 2. The van der Waals surface area contributed by atoms with Crippen molar-refractivity contribution in [3.63, 3.8) is 0 Å². The molecule has 1 nitrogen and oxygen atoms in total. The van der Waals surface area contributed by atoms with E-state index in [0.717, 1.165) is 12.1 Å². The van der Waals surface area contributed by atoms with Gasteiger partial charge in [0.1, 0.15) is 0 Å². The van der Waals surface area contributed by atoms with Crippen molar-refractivity contribution in [2.45, 2.75) is 31.0 Å². The standard InChI is InChI=1S/C10H13BrClN/c1-2-3-8(11)6-10-5-4-9(12)7-13-10/h4-5,7-8H,2-3,6H2,1H3. The summed E-state index contributed by atoms with van der Waals surface area (Å²) in [4.78, 5) is 4.77. The summed E-state index contributed by atoms with van der Waals surface area (Å²) in [6, 6.07) is 3.86. The van der Waals surface area contributed by atoms with Crippen molar-refractivity contribution in [1.82, 2.24) is 4.98 Å². The second-order valence-corrected chi connectivity index (χ2v) is 4.79. The minimum Gasteiger partial charge on any atom is -0.260 e. The molecule has 1 aromatic heterocycles. The van der Waals surface area contributed by atoms with Crippen LogP contribution in [0.3, 0.4) is 0 Å². The van der Waals surface area contributed by atoms with Crippen LogP contribution in [0.5, 0.6) is 0 Å². The Labute approximate surface area is 92.6 Å². The van der Waals surface area contributed by atoms with Crippen LogP contribution in [0.1, 0.15) is 25.5 Å². The lowest BCUT2D eigenvalue weighted by Gasteiger charge is -2.06. The van der Waals surface area contributed by atoms with Gasteiger partial charge in [0.05, 0.1) is 5.02 Å². The molecule has 0 spiro atoms. The molecule has 0 aliphatic heterocycles. The lowest BCUT2D eigenvalue weighted by molar-refractivity contribution is 0.734. The zero-order valence-electron chi connectivity index (χ0n) is 7.63. The smallest absolute Gasteiger partial charge is 0.0589 e. The highest BCUT2D eigenvalue weighted by atomic mass is 79.9. The normalized spacial score (nSPS) is 12.8.